The quantitative estimate of drug-likeness (QED) is 0.613. The van der Waals surface area contributed by atoms with Crippen LogP contribution in [-0.4, -0.2) is 0 Å². The summed E-state index contributed by atoms with van der Waals surface area (Å²) in [6, 6.07) is 18.4. The molecule has 0 fully saturated rings. The van der Waals surface area contributed by atoms with E-state index in [1.165, 1.54) is 22.9 Å². The van der Waals surface area contributed by atoms with Crippen LogP contribution in [0.4, 0.5) is 5.69 Å². The summed E-state index contributed by atoms with van der Waals surface area (Å²) in [5.41, 5.74) is 3.51. The van der Waals surface area contributed by atoms with Crippen molar-refractivity contribution in [1.29, 1.82) is 5.26 Å². The van der Waals surface area contributed by atoms with Gasteiger partial charge in [0.25, 0.3) is 0 Å². The molecular weight excluding hydrogens is 276 g/mol. The Balaban J connectivity index is 2.14. The molecule has 0 amide bonds. The van der Waals surface area contributed by atoms with Gasteiger partial charge >= 0.3 is 0 Å². The summed E-state index contributed by atoms with van der Waals surface area (Å²) in [6.45, 7) is 4.22. The molecule has 106 valence electrons. The van der Waals surface area contributed by atoms with E-state index >= 15 is 0 Å². The first-order chi connectivity index (χ1) is 10.2. The lowest BCUT2D eigenvalue weighted by Gasteiger charge is -2.08. The van der Waals surface area contributed by atoms with Gasteiger partial charge in [-0.15, -0.1) is 0 Å². The van der Waals surface area contributed by atoms with Gasteiger partial charge in [0.15, 0.2) is 0 Å². The number of hydrogen-bond donors (Lipinski definition) is 1. The highest BCUT2D eigenvalue weighted by Gasteiger charge is 2.05. The molecule has 0 saturated carbocycles. The van der Waals surface area contributed by atoms with Gasteiger partial charge < -0.3 is 5.32 Å². The van der Waals surface area contributed by atoms with E-state index < -0.39 is 0 Å². The summed E-state index contributed by atoms with van der Waals surface area (Å²) in [5, 5.41) is 12.5. The van der Waals surface area contributed by atoms with E-state index in [2.05, 4.69) is 43.4 Å². The van der Waals surface area contributed by atoms with Crippen molar-refractivity contribution in [2.75, 3.05) is 5.32 Å². The number of allylic oxidation sites excluding steroid dienone is 1. The predicted molar refractivity (Wildman–Crippen MR) is 90.2 cm³/mol. The number of benzene rings is 2. The Bertz CT molecular complexity index is 669. The fraction of sp³-hybridized carbons (Fsp3) is 0.167. The van der Waals surface area contributed by atoms with Gasteiger partial charge in [0.2, 0.25) is 0 Å². The predicted octanol–water partition coefficient (Wildman–Crippen LogP) is 5.13. The van der Waals surface area contributed by atoms with Crippen LogP contribution in [0.15, 0.2) is 64.5 Å². The molecule has 0 radical (unpaired) electrons. The number of rotatable bonds is 5. The number of thioether (sulfide) groups is 1. The van der Waals surface area contributed by atoms with E-state index in [9.17, 15) is 5.26 Å². The van der Waals surface area contributed by atoms with E-state index in [1.54, 1.807) is 6.20 Å². The number of nitriles is 1. The molecule has 0 unspecified atom stereocenters. The second-order valence-corrected chi connectivity index (χ2v) is 5.78. The van der Waals surface area contributed by atoms with Gasteiger partial charge in [-0.3, -0.25) is 0 Å². The van der Waals surface area contributed by atoms with E-state index in [1.807, 2.05) is 30.3 Å². The molecule has 2 rings (SSSR count). The van der Waals surface area contributed by atoms with Crippen molar-refractivity contribution in [1.82, 2.24) is 0 Å². The largest absolute Gasteiger partial charge is 0.360 e. The van der Waals surface area contributed by atoms with Crippen LogP contribution in [0.1, 0.15) is 18.1 Å². The fourth-order valence-corrected chi connectivity index (χ4v) is 2.84. The van der Waals surface area contributed by atoms with Crippen molar-refractivity contribution in [3.05, 3.63) is 70.8 Å². The first-order valence-electron chi connectivity index (χ1n) is 6.92. The highest BCUT2D eigenvalue weighted by molar-refractivity contribution is 8.03. The normalized spacial score (nSPS) is 11.0. The average Bonchev–Trinajstić information content (AvgIpc) is 2.53. The molecule has 0 aromatic heterocycles. The van der Waals surface area contributed by atoms with Gasteiger partial charge in [0, 0.05) is 16.8 Å². The number of hydrogen-bond acceptors (Lipinski definition) is 3. The van der Waals surface area contributed by atoms with Crippen LogP contribution >= 0.6 is 11.8 Å². The first kappa shape index (κ1) is 15.2. The summed E-state index contributed by atoms with van der Waals surface area (Å²) in [5.74, 6) is 0. The van der Waals surface area contributed by atoms with Crippen LogP contribution < -0.4 is 5.32 Å². The third kappa shape index (κ3) is 4.40. The second-order valence-electron chi connectivity index (χ2n) is 4.70. The summed E-state index contributed by atoms with van der Waals surface area (Å²) in [7, 11) is 0. The maximum Gasteiger partial charge on any atom is 0.108 e. The molecule has 0 saturated heterocycles. The molecule has 2 nitrogen and oxygen atoms in total. The highest BCUT2D eigenvalue weighted by atomic mass is 32.2. The Labute approximate surface area is 130 Å². The fourth-order valence-electron chi connectivity index (χ4n) is 1.97. The molecule has 0 aliphatic heterocycles. The summed E-state index contributed by atoms with van der Waals surface area (Å²) in [6.07, 6.45) is 2.73. The van der Waals surface area contributed by atoms with Crippen LogP contribution in [0.25, 0.3) is 0 Å². The lowest BCUT2D eigenvalue weighted by Crippen LogP contribution is -1.90. The number of anilines is 1. The van der Waals surface area contributed by atoms with Gasteiger partial charge in [-0.25, -0.2) is 0 Å². The Kier molecular flexibility index (Phi) is 5.48. The number of para-hydroxylation sites is 1. The number of aryl methyl sites for hydroxylation is 2. The third-order valence-electron chi connectivity index (χ3n) is 3.07. The molecule has 0 aliphatic rings. The van der Waals surface area contributed by atoms with Gasteiger partial charge in [0.05, 0.1) is 0 Å². The van der Waals surface area contributed by atoms with Gasteiger partial charge in [0.1, 0.15) is 11.0 Å². The van der Waals surface area contributed by atoms with Crippen LogP contribution in [-0.2, 0) is 6.42 Å². The summed E-state index contributed by atoms with van der Waals surface area (Å²) in [4.78, 5) is 1.79. The second kappa shape index (κ2) is 7.56. The molecular formula is C18H18N2S. The molecule has 0 heterocycles. The van der Waals surface area contributed by atoms with Crippen LogP contribution in [0.5, 0.6) is 0 Å². The van der Waals surface area contributed by atoms with Gasteiger partial charge in [-0.05, 0) is 37.1 Å². The van der Waals surface area contributed by atoms with E-state index in [0.29, 0.717) is 4.91 Å². The zero-order valence-corrected chi connectivity index (χ0v) is 13.1. The SMILES string of the molecule is CCc1cc(C)ccc1S/C(C#N)=C/Nc1ccccc1. The monoisotopic (exact) mass is 294 g/mol. The van der Waals surface area contributed by atoms with E-state index in [-0.39, 0.29) is 0 Å². The van der Waals surface area contributed by atoms with Crippen molar-refractivity contribution in [3.8, 4) is 6.07 Å². The lowest BCUT2D eigenvalue weighted by molar-refractivity contribution is 1.07. The summed E-state index contributed by atoms with van der Waals surface area (Å²) >= 11 is 1.51. The zero-order chi connectivity index (χ0) is 15.1. The standard InChI is InChI=1S/C18H18N2S/c1-3-15-11-14(2)9-10-18(15)21-17(12-19)13-20-16-7-5-4-6-8-16/h4-11,13,20H,3H2,1-2H3/b17-13+. The van der Waals surface area contributed by atoms with E-state index in [4.69, 9.17) is 0 Å². The smallest absolute Gasteiger partial charge is 0.108 e. The third-order valence-corrected chi connectivity index (χ3v) is 4.12. The maximum absolute atomic E-state index is 9.30. The van der Waals surface area contributed by atoms with Crippen molar-refractivity contribution in [3.63, 3.8) is 0 Å². The minimum atomic E-state index is 0.650. The minimum absolute atomic E-state index is 0.650. The molecule has 2 aromatic rings. The number of nitrogens with zero attached hydrogens (tertiary/aromatic N) is 1. The Morgan fingerprint density at radius 1 is 1.24 bits per heavy atom. The molecule has 21 heavy (non-hydrogen) atoms. The van der Waals surface area contributed by atoms with Gasteiger partial charge in [-0.2, -0.15) is 5.26 Å². The Hall–Kier alpha value is -2.18. The van der Waals surface area contributed by atoms with Crippen LogP contribution in [0.2, 0.25) is 0 Å². The van der Waals surface area contributed by atoms with Crippen LogP contribution in [0, 0.1) is 18.3 Å². The van der Waals surface area contributed by atoms with Crippen LogP contribution in [0.3, 0.4) is 0 Å². The minimum Gasteiger partial charge on any atom is -0.360 e. The zero-order valence-electron chi connectivity index (χ0n) is 12.3. The molecule has 0 bridgehead atoms. The topological polar surface area (TPSA) is 35.8 Å². The van der Waals surface area contributed by atoms with E-state index in [0.717, 1.165) is 17.0 Å². The molecule has 1 N–H and O–H groups in total. The number of nitrogens with one attached hydrogen (secondary N) is 1. The maximum atomic E-state index is 9.30. The van der Waals surface area contributed by atoms with Crippen molar-refractivity contribution in [2.45, 2.75) is 25.2 Å². The molecule has 3 heteroatoms. The molecule has 2 aromatic carbocycles. The molecule has 0 atom stereocenters. The molecule has 0 spiro atoms. The Morgan fingerprint density at radius 3 is 2.67 bits per heavy atom. The highest BCUT2D eigenvalue weighted by Crippen LogP contribution is 2.30. The Morgan fingerprint density at radius 2 is 2.00 bits per heavy atom. The first-order valence-corrected chi connectivity index (χ1v) is 7.74. The molecule has 0 aliphatic carbocycles. The van der Waals surface area contributed by atoms with Crippen molar-refractivity contribution >= 4 is 17.4 Å². The summed E-state index contributed by atoms with van der Waals surface area (Å²) < 4.78 is 0. The van der Waals surface area contributed by atoms with Crippen molar-refractivity contribution in [2.24, 2.45) is 0 Å². The van der Waals surface area contributed by atoms with Gasteiger partial charge in [-0.1, -0.05) is 54.6 Å². The van der Waals surface area contributed by atoms with Crippen molar-refractivity contribution < 1.29 is 0 Å². The average molecular weight is 294 g/mol. The lowest BCUT2D eigenvalue weighted by atomic mass is 10.1.